The van der Waals surface area contributed by atoms with Crippen molar-refractivity contribution in [2.45, 2.75) is 5.88 Å². The number of methoxy groups -OCH3 is 1. The molecule has 0 saturated heterocycles. The van der Waals surface area contributed by atoms with Gasteiger partial charge in [0.2, 0.25) is 0 Å². The van der Waals surface area contributed by atoms with E-state index in [1.807, 2.05) is 24.3 Å². The van der Waals surface area contributed by atoms with Gasteiger partial charge in [0.05, 0.1) is 12.7 Å². The van der Waals surface area contributed by atoms with Crippen molar-refractivity contribution in [3.63, 3.8) is 0 Å². The largest absolute Gasteiger partial charge is 0.465 e. The number of rotatable bonds is 2. The summed E-state index contributed by atoms with van der Waals surface area (Å²) in [5.41, 5.74) is 3.24. The first kappa shape index (κ1) is 15.7. The summed E-state index contributed by atoms with van der Waals surface area (Å²) < 4.78 is 4.63. The third-order valence-corrected chi connectivity index (χ3v) is 3.20. The molecule has 2 aromatic rings. The summed E-state index contributed by atoms with van der Waals surface area (Å²) in [6.45, 7) is 0. The monoisotopic (exact) mass is 308 g/mol. The van der Waals surface area contributed by atoms with Gasteiger partial charge < -0.3 is 4.74 Å². The summed E-state index contributed by atoms with van der Waals surface area (Å²) in [4.78, 5) is 11.3. The zero-order valence-corrected chi connectivity index (χ0v) is 12.8. The highest BCUT2D eigenvalue weighted by molar-refractivity contribution is 6.17. The molecule has 0 aromatic heterocycles. The third-order valence-electron chi connectivity index (χ3n) is 2.89. The van der Waals surface area contributed by atoms with Gasteiger partial charge >= 0.3 is 5.97 Å². The van der Waals surface area contributed by atoms with Crippen molar-refractivity contribution in [3.05, 3.63) is 70.8 Å². The molecule has 2 nitrogen and oxygen atoms in total. The van der Waals surface area contributed by atoms with E-state index in [4.69, 9.17) is 11.6 Å². The second-order valence-corrected chi connectivity index (χ2v) is 4.67. The maximum atomic E-state index is 11.3. The Labute approximate surface area is 135 Å². The molecule has 0 atom stereocenters. The maximum Gasteiger partial charge on any atom is 0.337 e. The Morgan fingerprint density at radius 3 is 1.91 bits per heavy atom. The van der Waals surface area contributed by atoms with Gasteiger partial charge in [0.15, 0.2) is 0 Å². The average molecular weight is 309 g/mol. The lowest BCUT2D eigenvalue weighted by molar-refractivity contribution is 0.0601. The van der Waals surface area contributed by atoms with Crippen molar-refractivity contribution in [2.24, 2.45) is 0 Å². The van der Waals surface area contributed by atoms with Crippen LogP contribution in [0, 0.1) is 23.7 Å². The van der Waals surface area contributed by atoms with Crippen LogP contribution < -0.4 is 0 Å². The Balaban J connectivity index is 2.04. The van der Waals surface area contributed by atoms with E-state index in [1.165, 1.54) is 7.11 Å². The van der Waals surface area contributed by atoms with E-state index in [0.717, 1.165) is 16.7 Å². The molecule has 22 heavy (non-hydrogen) atoms. The minimum atomic E-state index is -0.361. The van der Waals surface area contributed by atoms with Gasteiger partial charge in [0.25, 0.3) is 0 Å². The minimum Gasteiger partial charge on any atom is -0.465 e. The maximum absolute atomic E-state index is 11.3. The van der Waals surface area contributed by atoms with E-state index >= 15 is 0 Å². The summed E-state index contributed by atoms with van der Waals surface area (Å²) >= 11 is 5.73. The highest BCUT2D eigenvalue weighted by atomic mass is 35.5. The third kappa shape index (κ3) is 4.42. The van der Waals surface area contributed by atoms with Gasteiger partial charge in [0, 0.05) is 17.0 Å². The molecular formula is C19H13ClO2. The first-order chi connectivity index (χ1) is 10.7. The minimum absolute atomic E-state index is 0.361. The van der Waals surface area contributed by atoms with Crippen molar-refractivity contribution in [1.29, 1.82) is 0 Å². The quantitative estimate of drug-likeness (QED) is 0.481. The molecule has 0 aliphatic rings. The Kier molecular flexibility index (Phi) is 5.66. The van der Waals surface area contributed by atoms with Crippen LogP contribution in [0.15, 0.2) is 48.5 Å². The molecule has 0 spiro atoms. The molecule has 3 heteroatoms. The van der Waals surface area contributed by atoms with Crippen LogP contribution >= 0.6 is 11.6 Å². The van der Waals surface area contributed by atoms with E-state index in [0.29, 0.717) is 11.4 Å². The summed E-state index contributed by atoms with van der Waals surface area (Å²) in [6.07, 6.45) is 0. The van der Waals surface area contributed by atoms with Gasteiger partial charge in [-0.25, -0.2) is 4.79 Å². The summed E-state index contributed by atoms with van der Waals surface area (Å²) in [6, 6.07) is 14.6. The summed E-state index contributed by atoms with van der Waals surface area (Å²) in [5, 5.41) is 0. The van der Waals surface area contributed by atoms with E-state index in [1.54, 1.807) is 24.3 Å². The number of benzene rings is 2. The number of alkyl halides is 1. The second kappa shape index (κ2) is 7.93. The van der Waals surface area contributed by atoms with E-state index in [-0.39, 0.29) is 5.97 Å². The fourth-order valence-electron chi connectivity index (χ4n) is 1.69. The Hall–Kier alpha value is -2.68. The number of ether oxygens (including phenoxy) is 1. The Morgan fingerprint density at radius 2 is 1.45 bits per heavy atom. The standard InChI is InChI=1S/C19H13ClO2/c1-22-19(21)18-12-10-16(11-13-18)5-3-2-4-15-6-8-17(14-20)9-7-15/h6-13H,14H2,1H3. The molecule has 0 aliphatic carbocycles. The number of halogens is 1. The van der Waals surface area contributed by atoms with Gasteiger partial charge in [-0.1, -0.05) is 24.0 Å². The molecule has 0 aliphatic heterocycles. The Morgan fingerprint density at radius 1 is 0.955 bits per heavy atom. The Bertz CT molecular complexity index is 767. The molecule has 0 heterocycles. The van der Waals surface area contributed by atoms with E-state index < -0.39 is 0 Å². The molecule has 0 N–H and O–H groups in total. The van der Waals surface area contributed by atoms with Crippen LogP contribution in [0.2, 0.25) is 0 Å². The fraction of sp³-hybridized carbons (Fsp3) is 0.105. The van der Waals surface area contributed by atoms with Crippen molar-refractivity contribution < 1.29 is 9.53 Å². The predicted molar refractivity (Wildman–Crippen MR) is 87.5 cm³/mol. The van der Waals surface area contributed by atoms with E-state index in [9.17, 15) is 4.79 Å². The van der Waals surface area contributed by atoms with Crippen molar-refractivity contribution in [1.82, 2.24) is 0 Å². The van der Waals surface area contributed by atoms with Gasteiger partial charge in [-0.15, -0.1) is 11.6 Å². The normalized spacial score (nSPS) is 9.00. The van der Waals surface area contributed by atoms with Crippen LogP contribution in [-0.2, 0) is 10.6 Å². The molecule has 0 saturated carbocycles. The zero-order chi connectivity index (χ0) is 15.8. The van der Waals surface area contributed by atoms with Crippen LogP contribution in [0.5, 0.6) is 0 Å². The number of hydrogen-bond donors (Lipinski definition) is 0. The molecule has 0 amide bonds. The molecule has 2 aromatic carbocycles. The van der Waals surface area contributed by atoms with Crippen LogP contribution in [0.3, 0.4) is 0 Å². The first-order valence-corrected chi connectivity index (χ1v) is 7.11. The lowest BCUT2D eigenvalue weighted by atomic mass is 10.1. The second-order valence-electron chi connectivity index (χ2n) is 4.40. The molecule has 0 bridgehead atoms. The molecule has 2 rings (SSSR count). The number of hydrogen-bond acceptors (Lipinski definition) is 2. The van der Waals surface area contributed by atoms with Crippen LogP contribution in [0.4, 0.5) is 0 Å². The lowest BCUT2D eigenvalue weighted by Crippen LogP contribution is -2.00. The van der Waals surface area contributed by atoms with Gasteiger partial charge in [0.1, 0.15) is 0 Å². The molecule has 0 unspecified atom stereocenters. The lowest BCUT2D eigenvalue weighted by Gasteiger charge is -1.97. The average Bonchev–Trinajstić information content (AvgIpc) is 2.59. The SMILES string of the molecule is COC(=O)c1ccc(C#CC#Cc2ccc(CCl)cc2)cc1. The summed E-state index contributed by atoms with van der Waals surface area (Å²) in [7, 11) is 1.35. The molecule has 108 valence electrons. The molecule has 0 fully saturated rings. The zero-order valence-electron chi connectivity index (χ0n) is 12.0. The summed E-state index contributed by atoms with van der Waals surface area (Å²) in [5.74, 6) is 11.6. The van der Waals surface area contributed by atoms with E-state index in [2.05, 4.69) is 28.4 Å². The smallest absolute Gasteiger partial charge is 0.337 e. The van der Waals surface area contributed by atoms with Gasteiger partial charge in [-0.2, -0.15) is 0 Å². The first-order valence-electron chi connectivity index (χ1n) is 6.58. The highest BCUT2D eigenvalue weighted by Gasteiger charge is 2.02. The number of esters is 1. The van der Waals surface area contributed by atoms with Crippen LogP contribution in [-0.4, -0.2) is 13.1 Å². The molecular weight excluding hydrogens is 296 g/mol. The highest BCUT2D eigenvalue weighted by Crippen LogP contribution is 2.06. The number of carbonyl (C=O) groups excluding carboxylic acids is 1. The number of carbonyl (C=O) groups is 1. The van der Waals surface area contributed by atoms with Crippen LogP contribution in [0.25, 0.3) is 0 Å². The van der Waals surface area contributed by atoms with Crippen molar-refractivity contribution >= 4 is 17.6 Å². The van der Waals surface area contributed by atoms with Gasteiger partial charge in [-0.3, -0.25) is 0 Å². The van der Waals surface area contributed by atoms with Crippen molar-refractivity contribution in [2.75, 3.05) is 7.11 Å². The van der Waals surface area contributed by atoms with Gasteiger partial charge in [-0.05, 0) is 53.8 Å². The topological polar surface area (TPSA) is 26.3 Å². The fourth-order valence-corrected chi connectivity index (χ4v) is 1.87. The van der Waals surface area contributed by atoms with Crippen molar-refractivity contribution in [3.8, 4) is 23.7 Å². The predicted octanol–water partition coefficient (Wildman–Crippen LogP) is 3.62. The van der Waals surface area contributed by atoms with Crippen LogP contribution in [0.1, 0.15) is 27.0 Å². The molecule has 0 radical (unpaired) electrons.